The number of Topliss-reactive ketones (excluding diaryl/α,β-unsaturated/α-hetero) is 1. The number of carbonyl (C=O) groups is 1. The summed E-state index contributed by atoms with van der Waals surface area (Å²) in [6, 6.07) is 8.68. The molecule has 0 amide bonds. The molecule has 5 nitrogen and oxygen atoms in total. The van der Waals surface area contributed by atoms with Gasteiger partial charge in [-0.3, -0.25) is 4.79 Å². The van der Waals surface area contributed by atoms with Crippen LogP contribution < -0.4 is 4.74 Å². The van der Waals surface area contributed by atoms with Gasteiger partial charge in [-0.2, -0.15) is 0 Å². The number of aromatic hydroxyl groups is 3. The first kappa shape index (κ1) is 13.7. The maximum Gasteiger partial charge on any atom is 0.174 e. The number of phenols is 3. The summed E-state index contributed by atoms with van der Waals surface area (Å²) in [4.78, 5) is 12.1. The third-order valence-electron chi connectivity index (χ3n) is 2.89. The minimum absolute atomic E-state index is 0.00767. The van der Waals surface area contributed by atoms with Crippen LogP contribution in [0, 0.1) is 0 Å². The van der Waals surface area contributed by atoms with Gasteiger partial charge in [-0.15, -0.1) is 0 Å². The average molecular weight is 274 g/mol. The highest BCUT2D eigenvalue weighted by atomic mass is 16.5. The minimum atomic E-state index is -0.423. The number of ether oxygens (including phenoxy) is 1. The number of phenolic OH excluding ortho intramolecular Hbond substituents is 3. The van der Waals surface area contributed by atoms with Crippen molar-refractivity contribution < 1.29 is 24.9 Å². The van der Waals surface area contributed by atoms with Gasteiger partial charge in [0, 0.05) is 18.6 Å². The van der Waals surface area contributed by atoms with Crippen LogP contribution in [0.15, 0.2) is 36.4 Å². The number of rotatable bonds is 4. The van der Waals surface area contributed by atoms with Gasteiger partial charge in [0.1, 0.15) is 28.6 Å². The Hall–Kier alpha value is -2.69. The molecular weight excluding hydrogens is 260 g/mol. The van der Waals surface area contributed by atoms with Crippen molar-refractivity contribution in [2.24, 2.45) is 0 Å². The summed E-state index contributed by atoms with van der Waals surface area (Å²) in [6.45, 7) is 0. The fraction of sp³-hybridized carbons (Fsp3) is 0.133. The molecule has 2 aromatic carbocycles. The standard InChI is InChI=1S/C15H14O5/c1-20-11-7-13(18)15(14(19)8-11)12(17)6-9-2-4-10(16)5-3-9/h2-5,7-8,16,18-19H,6H2,1H3. The van der Waals surface area contributed by atoms with Crippen molar-refractivity contribution in [1.29, 1.82) is 0 Å². The van der Waals surface area contributed by atoms with Crippen LogP contribution in [-0.4, -0.2) is 28.2 Å². The minimum Gasteiger partial charge on any atom is -0.508 e. The first-order valence-corrected chi connectivity index (χ1v) is 5.92. The van der Waals surface area contributed by atoms with E-state index in [1.165, 1.54) is 31.4 Å². The van der Waals surface area contributed by atoms with E-state index in [1.54, 1.807) is 12.1 Å². The number of ketones is 1. The molecule has 5 heteroatoms. The molecule has 2 rings (SSSR count). The van der Waals surface area contributed by atoms with Crippen molar-refractivity contribution in [2.75, 3.05) is 7.11 Å². The van der Waals surface area contributed by atoms with E-state index in [-0.39, 0.29) is 35.0 Å². The Bertz CT molecular complexity index is 608. The molecule has 0 bridgehead atoms. The summed E-state index contributed by atoms with van der Waals surface area (Å²) in [5.41, 5.74) is 0.529. The van der Waals surface area contributed by atoms with Gasteiger partial charge < -0.3 is 20.1 Å². The van der Waals surface area contributed by atoms with Gasteiger partial charge in [-0.25, -0.2) is 0 Å². The second-order valence-corrected chi connectivity index (χ2v) is 4.31. The van der Waals surface area contributed by atoms with Crippen LogP contribution in [0.2, 0.25) is 0 Å². The highest BCUT2D eigenvalue weighted by Gasteiger charge is 2.18. The lowest BCUT2D eigenvalue weighted by Crippen LogP contribution is -2.04. The van der Waals surface area contributed by atoms with Crippen molar-refractivity contribution in [3.05, 3.63) is 47.5 Å². The summed E-state index contributed by atoms with van der Waals surface area (Å²) in [7, 11) is 1.39. The van der Waals surface area contributed by atoms with Gasteiger partial charge in [0.25, 0.3) is 0 Å². The predicted octanol–water partition coefficient (Wildman–Crippen LogP) is 2.24. The Kier molecular flexibility index (Phi) is 3.79. The number of methoxy groups -OCH3 is 1. The molecule has 0 heterocycles. The van der Waals surface area contributed by atoms with Crippen LogP contribution in [0.3, 0.4) is 0 Å². The lowest BCUT2D eigenvalue weighted by Gasteiger charge is -2.09. The van der Waals surface area contributed by atoms with Crippen LogP contribution in [0.4, 0.5) is 0 Å². The molecule has 0 atom stereocenters. The molecule has 0 aromatic heterocycles. The zero-order chi connectivity index (χ0) is 14.7. The fourth-order valence-corrected chi connectivity index (χ4v) is 1.88. The normalized spacial score (nSPS) is 10.2. The van der Waals surface area contributed by atoms with E-state index in [2.05, 4.69) is 0 Å². The number of benzene rings is 2. The van der Waals surface area contributed by atoms with Crippen LogP contribution >= 0.6 is 0 Å². The van der Waals surface area contributed by atoms with E-state index in [4.69, 9.17) is 4.74 Å². The van der Waals surface area contributed by atoms with Crippen LogP contribution in [0.1, 0.15) is 15.9 Å². The van der Waals surface area contributed by atoms with Crippen molar-refractivity contribution >= 4 is 5.78 Å². The topological polar surface area (TPSA) is 87.0 Å². The third kappa shape index (κ3) is 2.83. The summed E-state index contributed by atoms with van der Waals surface area (Å²) < 4.78 is 4.88. The molecule has 0 aliphatic rings. The monoisotopic (exact) mass is 274 g/mol. The molecule has 20 heavy (non-hydrogen) atoms. The Morgan fingerprint density at radius 3 is 2.10 bits per heavy atom. The zero-order valence-electron chi connectivity index (χ0n) is 10.8. The molecule has 0 radical (unpaired) electrons. The first-order valence-electron chi connectivity index (χ1n) is 5.92. The van der Waals surface area contributed by atoms with Crippen LogP contribution in [0.25, 0.3) is 0 Å². The second kappa shape index (κ2) is 5.52. The van der Waals surface area contributed by atoms with Gasteiger partial charge in [0.15, 0.2) is 5.78 Å². The van der Waals surface area contributed by atoms with Crippen molar-refractivity contribution in [3.63, 3.8) is 0 Å². The SMILES string of the molecule is COc1cc(O)c(C(=O)Cc2ccc(O)cc2)c(O)c1. The summed E-state index contributed by atoms with van der Waals surface area (Å²) in [5, 5.41) is 28.8. The zero-order valence-corrected chi connectivity index (χ0v) is 10.8. The molecular formula is C15H14O5. The Morgan fingerprint density at radius 2 is 1.60 bits per heavy atom. The Labute approximate surface area is 115 Å². The van der Waals surface area contributed by atoms with Crippen molar-refractivity contribution in [3.8, 4) is 23.0 Å². The van der Waals surface area contributed by atoms with E-state index in [0.717, 1.165) is 0 Å². The second-order valence-electron chi connectivity index (χ2n) is 4.31. The molecule has 0 aliphatic carbocycles. The summed E-state index contributed by atoms with van der Waals surface area (Å²) in [6.07, 6.45) is 0.00767. The number of hydrogen-bond acceptors (Lipinski definition) is 5. The Balaban J connectivity index is 2.27. The maximum atomic E-state index is 12.1. The van der Waals surface area contributed by atoms with E-state index in [9.17, 15) is 20.1 Å². The van der Waals surface area contributed by atoms with Gasteiger partial charge in [0.2, 0.25) is 0 Å². The van der Waals surface area contributed by atoms with E-state index in [0.29, 0.717) is 5.56 Å². The maximum absolute atomic E-state index is 12.1. The van der Waals surface area contributed by atoms with Crippen LogP contribution in [0.5, 0.6) is 23.0 Å². The predicted molar refractivity (Wildman–Crippen MR) is 72.5 cm³/mol. The van der Waals surface area contributed by atoms with E-state index < -0.39 is 5.78 Å². The molecule has 2 aromatic rings. The highest BCUT2D eigenvalue weighted by molar-refractivity contribution is 6.02. The molecule has 3 N–H and O–H groups in total. The fourth-order valence-electron chi connectivity index (χ4n) is 1.88. The molecule has 0 unspecified atom stereocenters. The Morgan fingerprint density at radius 1 is 1.05 bits per heavy atom. The van der Waals surface area contributed by atoms with E-state index in [1.807, 2.05) is 0 Å². The number of hydrogen-bond donors (Lipinski definition) is 3. The first-order chi connectivity index (χ1) is 9.51. The lowest BCUT2D eigenvalue weighted by molar-refractivity contribution is 0.0987. The summed E-state index contributed by atoms with van der Waals surface area (Å²) in [5.74, 6) is -0.706. The van der Waals surface area contributed by atoms with Gasteiger partial charge in [-0.05, 0) is 17.7 Å². The van der Waals surface area contributed by atoms with Gasteiger partial charge in [-0.1, -0.05) is 12.1 Å². The van der Waals surface area contributed by atoms with E-state index >= 15 is 0 Å². The molecule has 0 fully saturated rings. The lowest BCUT2D eigenvalue weighted by atomic mass is 10.0. The molecule has 0 spiro atoms. The summed E-state index contributed by atoms with van der Waals surface area (Å²) >= 11 is 0. The molecule has 0 aliphatic heterocycles. The number of carbonyl (C=O) groups excluding carboxylic acids is 1. The van der Waals surface area contributed by atoms with Gasteiger partial charge >= 0.3 is 0 Å². The largest absolute Gasteiger partial charge is 0.508 e. The van der Waals surface area contributed by atoms with Gasteiger partial charge in [0.05, 0.1) is 7.11 Å². The highest BCUT2D eigenvalue weighted by Crippen LogP contribution is 2.33. The average Bonchev–Trinajstić information content (AvgIpc) is 2.40. The third-order valence-corrected chi connectivity index (χ3v) is 2.89. The van der Waals surface area contributed by atoms with Crippen LogP contribution in [-0.2, 0) is 6.42 Å². The molecule has 104 valence electrons. The van der Waals surface area contributed by atoms with Crippen molar-refractivity contribution in [2.45, 2.75) is 6.42 Å². The molecule has 0 saturated carbocycles. The smallest absolute Gasteiger partial charge is 0.174 e. The van der Waals surface area contributed by atoms with Crippen molar-refractivity contribution in [1.82, 2.24) is 0 Å². The molecule has 0 saturated heterocycles. The quantitative estimate of drug-likeness (QED) is 0.744.